The van der Waals surface area contributed by atoms with Crippen molar-refractivity contribution < 1.29 is 26.8 Å². The molecule has 0 atom stereocenters. The van der Waals surface area contributed by atoms with Gasteiger partial charge in [-0.15, -0.1) is 5.10 Å². The quantitative estimate of drug-likeness (QED) is 0.389. The van der Waals surface area contributed by atoms with Crippen LogP contribution in [0.5, 0.6) is 5.75 Å². The molecule has 0 bridgehead atoms. The topological polar surface area (TPSA) is 110 Å². The van der Waals surface area contributed by atoms with Crippen LogP contribution < -0.4 is 20.4 Å². The smallest absolute Gasteiger partial charge is 0.276 e. The number of aryl methyl sites for hydroxylation is 2. The number of sulfonamides is 1. The van der Waals surface area contributed by atoms with E-state index in [-0.39, 0.29) is 21.6 Å². The summed E-state index contributed by atoms with van der Waals surface area (Å²) < 4.78 is 50.1. The number of para-hydroxylation sites is 1. The van der Waals surface area contributed by atoms with E-state index in [1.165, 1.54) is 49.6 Å². The van der Waals surface area contributed by atoms with Gasteiger partial charge in [-0.2, -0.15) is 13.2 Å². The molecule has 4 rings (SSSR count). The molecule has 35 heavy (non-hydrogen) atoms. The van der Waals surface area contributed by atoms with E-state index in [1.807, 2.05) is 6.92 Å². The fraction of sp³-hybridized carbons (Fsp3) is 0.120. The van der Waals surface area contributed by atoms with Gasteiger partial charge in [0.1, 0.15) is 11.4 Å². The molecular formula is C25H22FN3O5S. The van der Waals surface area contributed by atoms with Crippen molar-refractivity contribution in [1.82, 2.24) is 4.83 Å². The SMILES string of the molecule is COc1cccc2cc(C(=O)Nc3ccc(F)cc3)/c(=N\NS(=O)(=O)c3ccc(C)c(C)c3)oc12. The highest BCUT2D eigenvalue weighted by Gasteiger charge is 2.18. The Hall–Kier alpha value is -4.18. The second-order valence-electron chi connectivity index (χ2n) is 7.76. The Bertz CT molecular complexity index is 1600. The van der Waals surface area contributed by atoms with E-state index in [4.69, 9.17) is 9.15 Å². The van der Waals surface area contributed by atoms with E-state index in [0.29, 0.717) is 16.8 Å². The van der Waals surface area contributed by atoms with Crippen LogP contribution in [0.2, 0.25) is 0 Å². The van der Waals surface area contributed by atoms with Crippen LogP contribution in [0, 0.1) is 19.7 Å². The maximum Gasteiger partial charge on any atom is 0.276 e. The second-order valence-corrected chi connectivity index (χ2v) is 9.42. The molecule has 0 aliphatic rings. The third-order valence-electron chi connectivity index (χ3n) is 5.36. The van der Waals surface area contributed by atoms with E-state index in [9.17, 15) is 17.6 Å². The molecule has 1 heterocycles. The summed E-state index contributed by atoms with van der Waals surface area (Å²) in [5.74, 6) is -0.706. The summed E-state index contributed by atoms with van der Waals surface area (Å²) in [4.78, 5) is 15.2. The zero-order valence-corrected chi connectivity index (χ0v) is 19.9. The second kappa shape index (κ2) is 9.59. The molecule has 0 aliphatic carbocycles. The van der Waals surface area contributed by atoms with Gasteiger partial charge >= 0.3 is 0 Å². The van der Waals surface area contributed by atoms with Gasteiger partial charge in [-0.25, -0.2) is 4.39 Å². The van der Waals surface area contributed by atoms with Gasteiger partial charge in [0.05, 0.1) is 12.0 Å². The molecule has 180 valence electrons. The predicted octanol–water partition coefficient (Wildman–Crippen LogP) is 4.24. The lowest BCUT2D eigenvalue weighted by molar-refractivity contribution is 0.102. The minimum Gasteiger partial charge on any atom is -0.493 e. The first kappa shape index (κ1) is 24.0. The summed E-state index contributed by atoms with van der Waals surface area (Å²) in [7, 11) is -2.60. The molecule has 8 nitrogen and oxygen atoms in total. The van der Waals surface area contributed by atoms with E-state index in [1.54, 1.807) is 31.2 Å². The van der Waals surface area contributed by atoms with Gasteiger partial charge in [0.2, 0.25) is 5.55 Å². The summed E-state index contributed by atoms with van der Waals surface area (Å²) in [6, 6.07) is 16.5. The minimum absolute atomic E-state index is 0.0139. The first-order valence-corrected chi connectivity index (χ1v) is 12.0. The highest BCUT2D eigenvalue weighted by Crippen LogP contribution is 2.25. The largest absolute Gasteiger partial charge is 0.493 e. The van der Waals surface area contributed by atoms with Gasteiger partial charge in [-0.05, 0) is 73.5 Å². The monoisotopic (exact) mass is 495 g/mol. The third kappa shape index (κ3) is 5.17. The Morgan fingerprint density at radius 2 is 1.74 bits per heavy atom. The number of hydrogen-bond acceptors (Lipinski definition) is 6. The number of benzene rings is 3. The molecule has 1 amide bonds. The Morgan fingerprint density at radius 1 is 1.00 bits per heavy atom. The molecule has 0 spiro atoms. The Kier molecular flexibility index (Phi) is 6.57. The standard InChI is InChI=1S/C25H22FN3O5S/c1-15-7-12-20(13-16(15)2)35(31,32)29-28-25-21(24(30)27-19-10-8-18(26)9-11-19)14-17-5-4-6-22(33-3)23(17)34-25/h4-14,29H,1-3H3,(H,27,30)/b28-25+. The Morgan fingerprint density at radius 3 is 2.43 bits per heavy atom. The number of anilines is 1. The molecule has 0 saturated carbocycles. The molecule has 0 saturated heterocycles. The molecule has 1 aromatic heterocycles. The fourth-order valence-corrected chi connectivity index (χ4v) is 4.19. The fourth-order valence-electron chi connectivity index (χ4n) is 3.30. The highest BCUT2D eigenvalue weighted by molar-refractivity contribution is 7.89. The molecule has 0 radical (unpaired) electrons. The predicted molar refractivity (Wildman–Crippen MR) is 129 cm³/mol. The van der Waals surface area contributed by atoms with Crippen molar-refractivity contribution in [3.63, 3.8) is 0 Å². The lowest BCUT2D eigenvalue weighted by Gasteiger charge is -2.09. The number of nitrogens with zero attached hydrogens (tertiary/aromatic N) is 1. The maximum atomic E-state index is 13.2. The number of halogens is 1. The van der Waals surface area contributed by atoms with Gasteiger partial charge in [0, 0.05) is 11.1 Å². The van der Waals surface area contributed by atoms with Crippen LogP contribution in [-0.2, 0) is 10.0 Å². The number of fused-ring (bicyclic) bond motifs is 1. The molecule has 0 aliphatic heterocycles. The molecular weight excluding hydrogens is 473 g/mol. The van der Waals surface area contributed by atoms with Crippen LogP contribution in [0.15, 0.2) is 81.1 Å². The van der Waals surface area contributed by atoms with E-state index >= 15 is 0 Å². The number of carbonyl (C=O) groups excluding carboxylic acids is 1. The van der Waals surface area contributed by atoms with E-state index in [0.717, 1.165) is 11.1 Å². The summed E-state index contributed by atoms with van der Waals surface area (Å²) in [6.07, 6.45) is 0. The van der Waals surface area contributed by atoms with Gasteiger partial charge in [-0.1, -0.05) is 18.2 Å². The van der Waals surface area contributed by atoms with Gasteiger partial charge in [-0.3, -0.25) is 4.79 Å². The lowest BCUT2D eigenvalue weighted by Crippen LogP contribution is -2.27. The molecule has 2 N–H and O–H groups in total. The third-order valence-corrected chi connectivity index (χ3v) is 6.57. The van der Waals surface area contributed by atoms with Gasteiger partial charge in [0.15, 0.2) is 11.3 Å². The Balaban J connectivity index is 1.80. The van der Waals surface area contributed by atoms with Crippen molar-refractivity contribution in [1.29, 1.82) is 0 Å². The van der Waals surface area contributed by atoms with E-state index < -0.39 is 21.7 Å². The average Bonchev–Trinajstić information content (AvgIpc) is 2.84. The first-order valence-electron chi connectivity index (χ1n) is 10.5. The number of carbonyl (C=O) groups is 1. The zero-order chi connectivity index (χ0) is 25.2. The molecule has 4 aromatic rings. The van der Waals surface area contributed by atoms with E-state index in [2.05, 4.69) is 15.2 Å². The number of amides is 1. The van der Waals surface area contributed by atoms with Crippen LogP contribution in [0.3, 0.4) is 0 Å². The van der Waals surface area contributed by atoms with Crippen LogP contribution in [0.25, 0.3) is 11.0 Å². The molecule has 3 aromatic carbocycles. The molecule has 10 heteroatoms. The number of ether oxygens (including phenoxy) is 1. The normalized spacial score (nSPS) is 11.9. The Labute approximate surface area is 201 Å². The summed E-state index contributed by atoms with van der Waals surface area (Å²) in [5, 5.41) is 7.09. The van der Waals surface area contributed by atoms with Crippen molar-refractivity contribution in [2.45, 2.75) is 18.7 Å². The zero-order valence-electron chi connectivity index (χ0n) is 19.1. The highest BCUT2D eigenvalue weighted by atomic mass is 32.2. The van der Waals surface area contributed by atoms with Crippen LogP contribution in [0.4, 0.5) is 10.1 Å². The van der Waals surface area contributed by atoms with Crippen molar-refractivity contribution >= 4 is 32.6 Å². The van der Waals surface area contributed by atoms with Gasteiger partial charge < -0.3 is 14.5 Å². The molecule has 0 fully saturated rings. The van der Waals surface area contributed by atoms with Crippen molar-refractivity contribution in [2.75, 3.05) is 12.4 Å². The number of nitrogens with one attached hydrogen (secondary N) is 2. The van der Waals surface area contributed by atoms with Crippen LogP contribution in [-0.4, -0.2) is 21.4 Å². The van der Waals surface area contributed by atoms with Gasteiger partial charge in [0.25, 0.3) is 15.9 Å². The van der Waals surface area contributed by atoms with Crippen LogP contribution in [0.1, 0.15) is 21.5 Å². The summed E-state index contributed by atoms with van der Waals surface area (Å²) in [6.45, 7) is 3.67. The van der Waals surface area contributed by atoms with Crippen molar-refractivity contribution in [3.8, 4) is 5.75 Å². The number of methoxy groups -OCH3 is 1. The van der Waals surface area contributed by atoms with Crippen LogP contribution >= 0.6 is 0 Å². The maximum absolute atomic E-state index is 13.2. The first-order chi connectivity index (χ1) is 16.7. The van der Waals surface area contributed by atoms with Crippen molar-refractivity contribution in [3.05, 3.63) is 94.8 Å². The summed E-state index contributed by atoms with van der Waals surface area (Å²) in [5.41, 5.74) is 2.03. The number of rotatable bonds is 6. The lowest BCUT2D eigenvalue weighted by atomic mass is 10.1. The molecule has 0 unspecified atom stereocenters. The number of hydrogen-bond donors (Lipinski definition) is 2. The summed E-state index contributed by atoms with van der Waals surface area (Å²) >= 11 is 0. The van der Waals surface area contributed by atoms with Crippen molar-refractivity contribution in [2.24, 2.45) is 5.10 Å². The minimum atomic E-state index is -4.05. The average molecular weight is 496 g/mol.